The molecule has 0 aliphatic carbocycles. The molecule has 2 rings (SSSR count). The molecular weight excluding hydrogens is 292 g/mol. The van der Waals surface area contributed by atoms with Gasteiger partial charge in [0.15, 0.2) is 0 Å². The maximum absolute atomic E-state index is 12.5. The molecule has 0 bridgehead atoms. The van der Waals surface area contributed by atoms with Crippen molar-refractivity contribution in [3.05, 3.63) is 53.9 Å². The first-order valence-electron chi connectivity index (χ1n) is 6.07. The summed E-state index contributed by atoms with van der Waals surface area (Å²) in [7, 11) is -2.37. The zero-order valence-corrected chi connectivity index (χ0v) is 12.3. The molecule has 0 aliphatic rings. The molecule has 0 saturated carbocycles. The quantitative estimate of drug-likeness (QED) is 0.932. The number of nitrogens with zero attached hydrogens (tertiary/aromatic N) is 2. The number of aromatic nitrogens is 1. The van der Waals surface area contributed by atoms with E-state index >= 15 is 0 Å². The molecule has 0 radical (unpaired) electrons. The zero-order valence-electron chi connectivity index (χ0n) is 11.5. The first-order valence-corrected chi connectivity index (χ1v) is 7.51. The molecule has 1 aromatic heterocycles. The van der Waals surface area contributed by atoms with Crippen LogP contribution < -0.4 is 4.31 Å². The third kappa shape index (κ3) is 3.03. The monoisotopic (exact) mass is 306 g/mol. The van der Waals surface area contributed by atoms with Crippen LogP contribution in [0.2, 0.25) is 0 Å². The highest BCUT2D eigenvalue weighted by Gasteiger charge is 2.22. The zero-order chi connectivity index (χ0) is 15.6. The Morgan fingerprint density at radius 1 is 1.24 bits per heavy atom. The topological polar surface area (TPSA) is 87.6 Å². The molecule has 110 valence electrons. The van der Waals surface area contributed by atoms with Gasteiger partial charge in [0.1, 0.15) is 5.69 Å². The molecule has 0 atom stereocenters. The van der Waals surface area contributed by atoms with E-state index in [-0.39, 0.29) is 16.3 Å². The molecule has 0 amide bonds. The second-order valence-corrected chi connectivity index (χ2v) is 6.46. The third-order valence-corrected chi connectivity index (χ3v) is 4.76. The van der Waals surface area contributed by atoms with E-state index in [0.717, 1.165) is 9.87 Å². The van der Waals surface area contributed by atoms with E-state index in [0.29, 0.717) is 0 Å². The predicted octanol–water partition coefficient (Wildman–Crippen LogP) is 1.91. The summed E-state index contributed by atoms with van der Waals surface area (Å²) in [5.74, 6) is -1.21. The van der Waals surface area contributed by atoms with Crippen molar-refractivity contribution in [2.45, 2.75) is 11.8 Å². The lowest BCUT2D eigenvalue weighted by Gasteiger charge is -2.19. The van der Waals surface area contributed by atoms with Crippen LogP contribution in [-0.2, 0) is 10.0 Å². The third-order valence-electron chi connectivity index (χ3n) is 2.97. The Labute approximate surface area is 122 Å². The van der Waals surface area contributed by atoms with Gasteiger partial charge in [-0.15, -0.1) is 0 Å². The van der Waals surface area contributed by atoms with E-state index in [1.807, 2.05) is 0 Å². The number of anilines is 1. The summed E-state index contributed by atoms with van der Waals surface area (Å²) < 4.78 is 26.1. The Bertz CT molecular complexity index is 787. The second-order valence-electron chi connectivity index (χ2n) is 4.49. The number of carboxylic acid groups (broad SMARTS) is 1. The minimum atomic E-state index is -3.74. The number of pyridine rings is 1. The van der Waals surface area contributed by atoms with Crippen LogP contribution >= 0.6 is 0 Å². The van der Waals surface area contributed by atoms with Crippen LogP contribution in [0.15, 0.2) is 47.5 Å². The first kappa shape index (κ1) is 15.0. The fourth-order valence-electron chi connectivity index (χ4n) is 1.80. The van der Waals surface area contributed by atoms with Crippen LogP contribution in [-0.4, -0.2) is 31.5 Å². The minimum Gasteiger partial charge on any atom is -0.477 e. The number of aryl methyl sites for hydroxylation is 1. The molecule has 1 aromatic carbocycles. The van der Waals surface area contributed by atoms with E-state index in [1.165, 1.54) is 31.4 Å². The average molecular weight is 306 g/mol. The normalized spacial score (nSPS) is 11.1. The molecule has 1 heterocycles. The Balaban J connectivity index is 2.45. The summed E-state index contributed by atoms with van der Waals surface area (Å²) >= 11 is 0. The van der Waals surface area contributed by atoms with E-state index in [1.54, 1.807) is 25.1 Å². The molecule has 0 saturated heterocycles. The van der Waals surface area contributed by atoms with Crippen molar-refractivity contribution >= 4 is 21.7 Å². The summed E-state index contributed by atoms with van der Waals surface area (Å²) in [6.07, 6.45) is 1.26. The molecule has 0 fully saturated rings. The summed E-state index contributed by atoms with van der Waals surface area (Å²) in [6.45, 7) is 1.80. The molecule has 21 heavy (non-hydrogen) atoms. The highest BCUT2D eigenvalue weighted by Crippen LogP contribution is 2.22. The molecule has 6 nitrogen and oxygen atoms in total. The molecule has 2 aromatic rings. The number of sulfonamides is 1. The summed E-state index contributed by atoms with van der Waals surface area (Å²) in [5.41, 5.74) is 0.855. The lowest BCUT2D eigenvalue weighted by atomic mass is 10.2. The SMILES string of the molecule is Cc1cccc(S(=O)(=O)N(C)c2ccnc(C(=O)O)c2)c1. The van der Waals surface area contributed by atoms with Gasteiger partial charge in [-0.05, 0) is 36.8 Å². The van der Waals surface area contributed by atoms with E-state index in [4.69, 9.17) is 5.11 Å². The first-order chi connectivity index (χ1) is 9.82. The number of rotatable bonds is 4. The van der Waals surface area contributed by atoms with Crippen molar-refractivity contribution < 1.29 is 18.3 Å². The van der Waals surface area contributed by atoms with Gasteiger partial charge in [-0.2, -0.15) is 0 Å². The van der Waals surface area contributed by atoms with Crippen LogP contribution in [0.25, 0.3) is 0 Å². The number of carboxylic acids is 1. The second kappa shape index (κ2) is 5.53. The molecular formula is C14H14N2O4S. The number of aromatic carboxylic acids is 1. The molecule has 0 aliphatic heterocycles. The maximum Gasteiger partial charge on any atom is 0.354 e. The van der Waals surface area contributed by atoms with Crippen molar-refractivity contribution in [1.29, 1.82) is 0 Å². The minimum absolute atomic E-state index is 0.152. The summed E-state index contributed by atoms with van der Waals surface area (Å²) in [4.78, 5) is 14.7. The molecule has 7 heteroatoms. The van der Waals surface area contributed by atoms with Crippen LogP contribution in [0, 0.1) is 6.92 Å². The number of hydrogen-bond donors (Lipinski definition) is 1. The molecule has 1 N–H and O–H groups in total. The maximum atomic E-state index is 12.5. The van der Waals surface area contributed by atoms with Crippen LogP contribution in [0.4, 0.5) is 5.69 Å². The van der Waals surface area contributed by atoms with Gasteiger partial charge >= 0.3 is 5.97 Å². The van der Waals surface area contributed by atoms with Crippen molar-refractivity contribution in [3.8, 4) is 0 Å². The van der Waals surface area contributed by atoms with Crippen molar-refractivity contribution in [3.63, 3.8) is 0 Å². The summed E-state index contributed by atoms with van der Waals surface area (Å²) in [5, 5.41) is 8.92. The fraction of sp³-hybridized carbons (Fsp3) is 0.143. The van der Waals surface area contributed by atoms with E-state index < -0.39 is 16.0 Å². The Morgan fingerprint density at radius 3 is 2.57 bits per heavy atom. The predicted molar refractivity (Wildman–Crippen MR) is 78.0 cm³/mol. The van der Waals surface area contributed by atoms with Crippen LogP contribution in [0.5, 0.6) is 0 Å². The van der Waals surface area contributed by atoms with Crippen molar-refractivity contribution in [2.24, 2.45) is 0 Å². The van der Waals surface area contributed by atoms with Gasteiger partial charge in [0, 0.05) is 13.2 Å². The van der Waals surface area contributed by atoms with Gasteiger partial charge in [0.25, 0.3) is 10.0 Å². The van der Waals surface area contributed by atoms with E-state index in [2.05, 4.69) is 4.98 Å². The standard InChI is InChI=1S/C14H14N2O4S/c1-10-4-3-5-12(8-10)21(19,20)16(2)11-6-7-15-13(9-11)14(17)18/h3-9H,1-2H3,(H,17,18). The van der Waals surface area contributed by atoms with Gasteiger partial charge in [-0.25, -0.2) is 18.2 Å². The average Bonchev–Trinajstić information content (AvgIpc) is 2.46. The molecule has 0 spiro atoms. The largest absolute Gasteiger partial charge is 0.477 e. The Kier molecular flexibility index (Phi) is 3.95. The van der Waals surface area contributed by atoms with Gasteiger partial charge in [0.05, 0.1) is 10.6 Å². The lowest BCUT2D eigenvalue weighted by Crippen LogP contribution is -2.26. The van der Waals surface area contributed by atoms with Crippen LogP contribution in [0.3, 0.4) is 0 Å². The number of hydrogen-bond acceptors (Lipinski definition) is 4. The van der Waals surface area contributed by atoms with Crippen molar-refractivity contribution in [1.82, 2.24) is 4.98 Å². The fourth-order valence-corrected chi connectivity index (χ4v) is 3.10. The highest BCUT2D eigenvalue weighted by molar-refractivity contribution is 7.92. The Hall–Kier alpha value is -2.41. The van der Waals surface area contributed by atoms with Gasteiger partial charge < -0.3 is 5.11 Å². The van der Waals surface area contributed by atoms with Gasteiger partial charge in [0.2, 0.25) is 0 Å². The smallest absolute Gasteiger partial charge is 0.354 e. The number of benzene rings is 1. The van der Waals surface area contributed by atoms with Gasteiger partial charge in [-0.1, -0.05) is 12.1 Å². The Morgan fingerprint density at radius 2 is 1.95 bits per heavy atom. The van der Waals surface area contributed by atoms with Crippen molar-refractivity contribution in [2.75, 3.05) is 11.4 Å². The lowest BCUT2D eigenvalue weighted by molar-refractivity contribution is 0.0690. The summed E-state index contributed by atoms with van der Waals surface area (Å²) in [6, 6.07) is 9.18. The van der Waals surface area contributed by atoms with E-state index in [9.17, 15) is 13.2 Å². The van der Waals surface area contributed by atoms with Crippen LogP contribution in [0.1, 0.15) is 16.1 Å². The van der Waals surface area contributed by atoms with Gasteiger partial charge in [-0.3, -0.25) is 4.31 Å². The number of carbonyl (C=O) groups is 1. The highest BCUT2D eigenvalue weighted by atomic mass is 32.2. The molecule has 0 unspecified atom stereocenters.